The Morgan fingerprint density at radius 3 is 2.78 bits per heavy atom. The smallest absolute Gasteiger partial charge is 0.308 e. The third-order valence-corrected chi connectivity index (χ3v) is 4.47. The highest BCUT2D eigenvalue weighted by molar-refractivity contribution is 7.11. The molecule has 1 aliphatic rings. The van der Waals surface area contributed by atoms with E-state index in [9.17, 15) is 4.79 Å². The Balaban J connectivity index is 1.95. The van der Waals surface area contributed by atoms with Gasteiger partial charge in [-0.1, -0.05) is 6.92 Å². The van der Waals surface area contributed by atoms with E-state index in [1.807, 2.05) is 6.92 Å². The minimum Gasteiger partial charge on any atom is -0.481 e. The molecular formula is C13H20N2O2S. The van der Waals surface area contributed by atoms with Crippen LogP contribution < -0.4 is 0 Å². The van der Waals surface area contributed by atoms with Crippen molar-refractivity contribution >= 4 is 17.3 Å². The molecule has 4 nitrogen and oxygen atoms in total. The van der Waals surface area contributed by atoms with E-state index in [4.69, 9.17) is 5.11 Å². The summed E-state index contributed by atoms with van der Waals surface area (Å²) in [6.45, 7) is 5.50. The molecule has 1 N–H and O–H groups in total. The van der Waals surface area contributed by atoms with Crippen LogP contribution in [0.5, 0.6) is 0 Å². The molecule has 1 aromatic heterocycles. The number of nitrogens with zero attached hydrogens (tertiary/aromatic N) is 2. The van der Waals surface area contributed by atoms with Crippen LogP contribution in [-0.4, -0.2) is 40.6 Å². The molecule has 0 saturated carbocycles. The van der Waals surface area contributed by atoms with Gasteiger partial charge in [-0.3, -0.25) is 4.79 Å². The lowest BCUT2D eigenvalue weighted by atomic mass is 10.2. The van der Waals surface area contributed by atoms with Crippen molar-refractivity contribution < 1.29 is 9.90 Å². The number of thiazole rings is 1. The molecule has 0 radical (unpaired) electrons. The molecule has 1 aliphatic heterocycles. The summed E-state index contributed by atoms with van der Waals surface area (Å²) in [5, 5.41) is 9.96. The van der Waals surface area contributed by atoms with Crippen molar-refractivity contribution in [1.82, 2.24) is 9.88 Å². The molecule has 0 atom stereocenters. The lowest BCUT2D eigenvalue weighted by Crippen LogP contribution is -2.21. The molecule has 0 spiro atoms. The average molecular weight is 268 g/mol. The van der Waals surface area contributed by atoms with Crippen LogP contribution in [0.25, 0.3) is 0 Å². The van der Waals surface area contributed by atoms with Gasteiger partial charge < -0.3 is 10.0 Å². The summed E-state index contributed by atoms with van der Waals surface area (Å²) in [6, 6.07) is 0. The molecule has 0 aromatic carbocycles. The Morgan fingerprint density at radius 2 is 2.17 bits per heavy atom. The zero-order chi connectivity index (χ0) is 13.0. The Labute approximate surface area is 112 Å². The highest BCUT2D eigenvalue weighted by Gasteiger charge is 2.15. The first-order valence-corrected chi connectivity index (χ1v) is 7.42. The lowest BCUT2D eigenvalue weighted by Gasteiger charge is -2.12. The van der Waals surface area contributed by atoms with Crippen molar-refractivity contribution in [3.63, 3.8) is 0 Å². The second kappa shape index (κ2) is 6.29. The second-order valence-corrected chi connectivity index (χ2v) is 5.87. The van der Waals surface area contributed by atoms with E-state index in [2.05, 4.69) is 9.88 Å². The zero-order valence-corrected chi connectivity index (χ0v) is 11.6. The fraction of sp³-hybridized carbons (Fsp3) is 0.692. The molecule has 1 fully saturated rings. The van der Waals surface area contributed by atoms with E-state index in [1.54, 1.807) is 11.3 Å². The topological polar surface area (TPSA) is 53.4 Å². The maximum atomic E-state index is 10.8. The first-order chi connectivity index (χ1) is 8.69. The van der Waals surface area contributed by atoms with E-state index in [-0.39, 0.29) is 6.42 Å². The van der Waals surface area contributed by atoms with Crippen molar-refractivity contribution in [2.45, 2.75) is 39.0 Å². The number of aromatic nitrogens is 1. The van der Waals surface area contributed by atoms with Crippen LogP contribution in [0.2, 0.25) is 0 Å². The van der Waals surface area contributed by atoms with Gasteiger partial charge in [0.1, 0.15) is 0 Å². The molecule has 2 heterocycles. The third-order valence-electron chi connectivity index (χ3n) is 3.31. The number of carbonyl (C=O) groups is 1. The Morgan fingerprint density at radius 1 is 1.44 bits per heavy atom. The SMILES string of the molecule is CCc1nc(CCN2CCCC2)sc1CC(=O)O. The summed E-state index contributed by atoms with van der Waals surface area (Å²) in [4.78, 5) is 18.7. The van der Waals surface area contributed by atoms with Crippen LogP contribution in [0.4, 0.5) is 0 Å². The fourth-order valence-corrected chi connectivity index (χ4v) is 3.49. The molecule has 5 heteroatoms. The standard InChI is InChI=1S/C13H20N2O2S/c1-2-10-11(9-13(16)17)18-12(14-10)5-8-15-6-3-4-7-15/h2-9H2,1H3,(H,16,17). The molecule has 0 aliphatic carbocycles. The monoisotopic (exact) mass is 268 g/mol. The van der Waals surface area contributed by atoms with E-state index in [0.717, 1.165) is 35.0 Å². The van der Waals surface area contributed by atoms with Crippen LogP contribution in [-0.2, 0) is 24.1 Å². The number of carboxylic acid groups (broad SMARTS) is 1. The van der Waals surface area contributed by atoms with Crippen LogP contribution >= 0.6 is 11.3 Å². The molecular weight excluding hydrogens is 248 g/mol. The first kappa shape index (κ1) is 13.5. The number of likely N-dealkylation sites (tertiary alicyclic amines) is 1. The fourth-order valence-electron chi connectivity index (χ4n) is 2.36. The normalized spacial score (nSPS) is 16.3. The quantitative estimate of drug-likeness (QED) is 0.857. The summed E-state index contributed by atoms with van der Waals surface area (Å²) in [6.07, 6.45) is 4.51. The van der Waals surface area contributed by atoms with Crippen LogP contribution in [0.3, 0.4) is 0 Å². The van der Waals surface area contributed by atoms with E-state index in [0.29, 0.717) is 0 Å². The van der Waals surface area contributed by atoms with Crippen molar-refractivity contribution in [1.29, 1.82) is 0 Å². The number of hydrogen-bond acceptors (Lipinski definition) is 4. The minimum absolute atomic E-state index is 0.116. The number of hydrogen-bond donors (Lipinski definition) is 1. The summed E-state index contributed by atoms with van der Waals surface area (Å²) < 4.78 is 0. The number of aliphatic carboxylic acids is 1. The van der Waals surface area contributed by atoms with Crippen molar-refractivity contribution in [3.8, 4) is 0 Å². The maximum absolute atomic E-state index is 10.8. The van der Waals surface area contributed by atoms with Crippen LogP contribution in [0, 0.1) is 0 Å². The van der Waals surface area contributed by atoms with Gasteiger partial charge in [-0.15, -0.1) is 11.3 Å². The lowest BCUT2D eigenvalue weighted by molar-refractivity contribution is -0.136. The Hall–Kier alpha value is -0.940. The van der Waals surface area contributed by atoms with Gasteiger partial charge in [-0.05, 0) is 32.4 Å². The van der Waals surface area contributed by atoms with Gasteiger partial charge in [0.2, 0.25) is 0 Å². The first-order valence-electron chi connectivity index (χ1n) is 6.60. The third kappa shape index (κ3) is 3.53. The second-order valence-electron chi connectivity index (χ2n) is 4.70. The molecule has 2 rings (SSSR count). The number of rotatable bonds is 6. The van der Waals surface area contributed by atoms with Crippen LogP contribution in [0.15, 0.2) is 0 Å². The van der Waals surface area contributed by atoms with Gasteiger partial charge in [-0.2, -0.15) is 0 Å². The summed E-state index contributed by atoms with van der Waals surface area (Å²) in [5.74, 6) is -0.764. The number of aryl methyl sites for hydroxylation is 1. The molecule has 0 unspecified atom stereocenters. The Kier molecular flexibility index (Phi) is 4.72. The highest BCUT2D eigenvalue weighted by Crippen LogP contribution is 2.21. The van der Waals surface area contributed by atoms with E-state index >= 15 is 0 Å². The molecule has 100 valence electrons. The largest absolute Gasteiger partial charge is 0.481 e. The van der Waals surface area contributed by atoms with Gasteiger partial charge in [0.05, 0.1) is 17.1 Å². The van der Waals surface area contributed by atoms with Crippen molar-refractivity contribution in [2.24, 2.45) is 0 Å². The maximum Gasteiger partial charge on any atom is 0.308 e. The molecule has 18 heavy (non-hydrogen) atoms. The predicted octanol–water partition coefficient (Wildman–Crippen LogP) is 1.97. The van der Waals surface area contributed by atoms with E-state index in [1.165, 1.54) is 25.9 Å². The van der Waals surface area contributed by atoms with Gasteiger partial charge >= 0.3 is 5.97 Å². The molecule has 0 amide bonds. The summed E-state index contributed by atoms with van der Waals surface area (Å²) in [5.41, 5.74) is 0.971. The molecule has 1 aromatic rings. The minimum atomic E-state index is -0.764. The summed E-state index contributed by atoms with van der Waals surface area (Å²) >= 11 is 1.58. The number of carboxylic acids is 1. The average Bonchev–Trinajstić information content (AvgIpc) is 2.94. The Bertz CT molecular complexity index is 411. The van der Waals surface area contributed by atoms with Gasteiger partial charge in [-0.25, -0.2) is 4.98 Å². The van der Waals surface area contributed by atoms with Gasteiger partial charge in [0, 0.05) is 17.8 Å². The highest BCUT2D eigenvalue weighted by atomic mass is 32.1. The van der Waals surface area contributed by atoms with Crippen LogP contribution in [0.1, 0.15) is 35.3 Å². The van der Waals surface area contributed by atoms with E-state index < -0.39 is 5.97 Å². The molecule has 0 bridgehead atoms. The van der Waals surface area contributed by atoms with Crippen molar-refractivity contribution in [3.05, 3.63) is 15.6 Å². The van der Waals surface area contributed by atoms with Gasteiger partial charge in [0.25, 0.3) is 0 Å². The van der Waals surface area contributed by atoms with Crippen molar-refractivity contribution in [2.75, 3.05) is 19.6 Å². The molecule has 1 saturated heterocycles. The van der Waals surface area contributed by atoms with Gasteiger partial charge in [0.15, 0.2) is 0 Å². The summed E-state index contributed by atoms with van der Waals surface area (Å²) in [7, 11) is 0. The predicted molar refractivity (Wildman–Crippen MR) is 72.2 cm³/mol. The zero-order valence-electron chi connectivity index (χ0n) is 10.8.